The van der Waals surface area contributed by atoms with E-state index in [9.17, 15) is 9.59 Å². The van der Waals surface area contributed by atoms with Gasteiger partial charge in [0.2, 0.25) is 0 Å². The molecule has 0 aliphatic rings. The van der Waals surface area contributed by atoms with E-state index in [1.165, 1.54) is 7.11 Å². The summed E-state index contributed by atoms with van der Waals surface area (Å²) in [7, 11) is 1.27. The number of nitrogens with one attached hydrogen (secondary N) is 1. The van der Waals surface area contributed by atoms with Crippen LogP contribution in [0.4, 0.5) is 0 Å². The van der Waals surface area contributed by atoms with Gasteiger partial charge in [-0.2, -0.15) is 0 Å². The predicted octanol–water partition coefficient (Wildman–Crippen LogP) is 1.29. The number of esters is 1. The maximum Gasteiger partial charge on any atom is 0.328 e. The van der Waals surface area contributed by atoms with E-state index in [-0.39, 0.29) is 6.61 Å². The van der Waals surface area contributed by atoms with Gasteiger partial charge >= 0.3 is 5.97 Å². The van der Waals surface area contributed by atoms with E-state index < -0.39 is 17.9 Å². The number of fused-ring (bicyclic) bond motifs is 1. The van der Waals surface area contributed by atoms with Crippen molar-refractivity contribution in [1.29, 1.82) is 0 Å². The number of benzene rings is 1. The first-order chi connectivity index (χ1) is 10.1. The molecule has 1 atom stereocenters. The third kappa shape index (κ3) is 3.68. The minimum atomic E-state index is -0.711. The molecule has 0 spiro atoms. The van der Waals surface area contributed by atoms with Gasteiger partial charge in [-0.1, -0.05) is 18.2 Å². The number of amides is 1. The van der Waals surface area contributed by atoms with Gasteiger partial charge in [-0.05, 0) is 19.1 Å². The van der Waals surface area contributed by atoms with Gasteiger partial charge in [-0.15, -0.1) is 0 Å². The zero-order valence-corrected chi connectivity index (χ0v) is 11.8. The van der Waals surface area contributed by atoms with Gasteiger partial charge in [0, 0.05) is 11.6 Å². The Morgan fingerprint density at radius 3 is 2.81 bits per heavy atom. The number of pyridine rings is 1. The fourth-order valence-corrected chi connectivity index (χ4v) is 1.85. The van der Waals surface area contributed by atoms with Crippen LogP contribution in [0.3, 0.4) is 0 Å². The highest BCUT2D eigenvalue weighted by Gasteiger charge is 2.16. The molecule has 2 aromatic rings. The van der Waals surface area contributed by atoms with E-state index in [1.807, 2.05) is 24.3 Å². The van der Waals surface area contributed by atoms with Crippen LogP contribution in [0.1, 0.15) is 6.92 Å². The molecule has 0 radical (unpaired) electrons. The summed E-state index contributed by atoms with van der Waals surface area (Å²) in [5.41, 5.74) is 0.689. The van der Waals surface area contributed by atoms with Gasteiger partial charge in [-0.3, -0.25) is 9.78 Å². The number of hydrogen-bond acceptors (Lipinski definition) is 5. The topological polar surface area (TPSA) is 77.5 Å². The molecule has 0 aliphatic carbocycles. The molecule has 0 fully saturated rings. The third-order valence-corrected chi connectivity index (χ3v) is 2.89. The lowest BCUT2D eigenvalue weighted by Gasteiger charge is -2.12. The lowest BCUT2D eigenvalue weighted by molar-refractivity contribution is -0.144. The number of ether oxygens (including phenoxy) is 2. The largest absolute Gasteiger partial charge is 0.481 e. The molecule has 1 aromatic carbocycles. The number of hydrogen-bond donors (Lipinski definition) is 1. The summed E-state index contributed by atoms with van der Waals surface area (Å²) in [6.45, 7) is 1.35. The van der Waals surface area contributed by atoms with Crippen molar-refractivity contribution in [3.63, 3.8) is 0 Å². The van der Waals surface area contributed by atoms with Crippen molar-refractivity contribution in [3.8, 4) is 5.75 Å². The number of methoxy groups -OCH3 is 1. The molecule has 1 amide bonds. The number of nitrogens with zero attached hydrogens (tertiary/aromatic N) is 1. The second kappa shape index (κ2) is 6.69. The van der Waals surface area contributed by atoms with E-state index >= 15 is 0 Å². The van der Waals surface area contributed by atoms with Crippen LogP contribution in [0.2, 0.25) is 0 Å². The quantitative estimate of drug-likeness (QED) is 0.839. The van der Waals surface area contributed by atoms with Crippen LogP contribution in [0.25, 0.3) is 10.9 Å². The number of para-hydroxylation sites is 1. The van der Waals surface area contributed by atoms with Crippen LogP contribution in [-0.2, 0) is 14.3 Å². The maximum absolute atomic E-state index is 11.7. The average molecular weight is 288 g/mol. The zero-order valence-electron chi connectivity index (χ0n) is 11.8. The van der Waals surface area contributed by atoms with Crippen molar-refractivity contribution >= 4 is 22.8 Å². The van der Waals surface area contributed by atoms with Crippen molar-refractivity contribution in [3.05, 3.63) is 36.5 Å². The van der Waals surface area contributed by atoms with Gasteiger partial charge < -0.3 is 14.8 Å². The summed E-state index contributed by atoms with van der Waals surface area (Å²) in [4.78, 5) is 27.2. The third-order valence-electron chi connectivity index (χ3n) is 2.89. The molecular weight excluding hydrogens is 272 g/mol. The first-order valence-electron chi connectivity index (χ1n) is 6.45. The van der Waals surface area contributed by atoms with E-state index in [2.05, 4.69) is 15.0 Å². The molecular formula is C15H16N2O4. The Morgan fingerprint density at radius 1 is 1.29 bits per heavy atom. The minimum Gasteiger partial charge on any atom is -0.481 e. The molecule has 6 nitrogen and oxygen atoms in total. The summed E-state index contributed by atoms with van der Waals surface area (Å²) in [5, 5.41) is 3.42. The number of rotatable bonds is 5. The Balaban J connectivity index is 1.99. The number of carbonyl (C=O) groups excluding carboxylic acids is 2. The van der Waals surface area contributed by atoms with Crippen LogP contribution in [0.15, 0.2) is 36.5 Å². The Hall–Kier alpha value is -2.63. The molecule has 0 saturated heterocycles. The van der Waals surface area contributed by atoms with Crippen LogP contribution in [-0.4, -0.2) is 36.6 Å². The van der Waals surface area contributed by atoms with Gasteiger partial charge in [-0.25, -0.2) is 4.79 Å². The Morgan fingerprint density at radius 2 is 2.05 bits per heavy atom. The van der Waals surface area contributed by atoms with Crippen molar-refractivity contribution in [2.45, 2.75) is 13.0 Å². The van der Waals surface area contributed by atoms with E-state index in [0.717, 1.165) is 5.39 Å². The predicted molar refractivity (Wildman–Crippen MR) is 76.9 cm³/mol. The highest BCUT2D eigenvalue weighted by Crippen LogP contribution is 2.22. The maximum atomic E-state index is 11.7. The Kier molecular flexibility index (Phi) is 4.71. The van der Waals surface area contributed by atoms with Crippen molar-refractivity contribution in [2.75, 3.05) is 13.7 Å². The second-order valence-electron chi connectivity index (χ2n) is 4.43. The van der Waals surface area contributed by atoms with Crippen molar-refractivity contribution < 1.29 is 19.1 Å². The van der Waals surface area contributed by atoms with Crippen LogP contribution >= 0.6 is 0 Å². The highest BCUT2D eigenvalue weighted by atomic mass is 16.5. The summed E-state index contributed by atoms with van der Waals surface area (Å²) < 4.78 is 10.00. The van der Waals surface area contributed by atoms with Gasteiger partial charge in [0.15, 0.2) is 6.61 Å². The normalized spacial score (nSPS) is 11.7. The van der Waals surface area contributed by atoms with E-state index in [4.69, 9.17) is 4.74 Å². The monoisotopic (exact) mass is 288 g/mol. The van der Waals surface area contributed by atoms with Gasteiger partial charge in [0.25, 0.3) is 5.91 Å². The first kappa shape index (κ1) is 14.8. The van der Waals surface area contributed by atoms with E-state index in [1.54, 1.807) is 19.2 Å². The molecule has 1 N–H and O–H groups in total. The molecule has 21 heavy (non-hydrogen) atoms. The molecule has 1 unspecified atom stereocenters. The van der Waals surface area contributed by atoms with Gasteiger partial charge in [0.1, 0.15) is 17.3 Å². The summed E-state index contributed by atoms with van der Waals surface area (Å²) in [6.07, 6.45) is 1.66. The summed E-state index contributed by atoms with van der Waals surface area (Å²) >= 11 is 0. The molecule has 6 heteroatoms. The fourth-order valence-electron chi connectivity index (χ4n) is 1.85. The van der Waals surface area contributed by atoms with Crippen molar-refractivity contribution in [1.82, 2.24) is 10.3 Å². The first-order valence-corrected chi connectivity index (χ1v) is 6.45. The number of aromatic nitrogens is 1. The van der Waals surface area contributed by atoms with Gasteiger partial charge in [0.05, 0.1) is 7.11 Å². The zero-order chi connectivity index (χ0) is 15.2. The molecule has 0 saturated carbocycles. The smallest absolute Gasteiger partial charge is 0.328 e. The Bertz CT molecular complexity index is 652. The Labute approximate surface area is 122 Å². The van der Waals surface area contributed by atoms with Crippen LogP contribution in [0.5, 0.6) is 5.75 Å². The summed E-state index contributed by atoms with van der Waals surface area (Å²) in [5.74, 6) is -0.384. The van der Waals surface area contributed by atoms with Crippen LogP contribution in [0, 0.1) is 0 Å². The molecule has 1 heterocycles. The lowest BCUT2D eigenvalue weighted by atomic mass is 10.2. The fraction of sp³-hybridized carbons (Fsp3) is 0.267. The standard InChI is InChI=1S/C15H16N2O4/c1-10(15(19)20-2)17-13(18)9-21-12-7-3-5-11-6-4-8-16-14(11)12/h3-8,10H,9H2,1-2H3,(H,17,18). The molecule has 110 valence electrons. The molecule has 1 aromatic heterocycles. The molecule has 0 aliphatic heterocycles. The number of carbonyl (C=O) groups is 2. The average Bonchev–Trinajstić information content (AvgIpc) is 2.51. The second-order valence-corrected chi connectivity index (χ2v) is 4.43. The molecule has 2 rings (SSSR count). The highest BCUT2D eigenvalue weighted by molar-refractivity contribution is 5.86. The lowest BCUT2D eigenvalue weighted by Crippen LogP contribution is -2.41. The SMILES string of the molecule is COC(=O)C(C)NC(=O)COc1cccc2cccnc12. The van der Waals surface area contributed by atoms with Crippen LogP contribution < -0.4 is 10.1 Å². The molecule has 0 bridgehead atoms. The van der Waals surface area contributed by atoms with Crippen molar-refractivity contribution in [2.24, 2.45) is 0 Å². The van der Waals surface area contributed by atoms with E-state index in [0.29, 0.717) is 11.3 Å². The summed E-state index contributed by atoms with van der Waals surface area (Å²) in [6, 6.07) is 8.51. The minimum absolute atomic E-state index is 0.197.